The maximum absolute atomic E-state index is 6.03. The van der Waals surface area contributed by atoms with E-state index in [1.807, 2.05) is 12.1 Å². The van der Waals surface area contributed by atoms with Gasteiger partial charge in [-0.3, -0.25) is 0 Å². The lowest BCUT2D eigenvalue weighted by atomic mass is 10.0. The normalized spacial score (nSPS) is 11.9. The van der Waals surface area contributed by atoms with Crippen molar-refractivity contribution in [3.63, 3.8) is 0 Å². The van der Waals surface area contributed by atoms with Gasteiger partial charge in [0, 0.05) is 10.5 Å². The van der Waals surface area contributed by atoms with Crippen LogP contribution in [0.3, 0.4) is 0 Å². The Labute approximate surface area is 106 Å². The third-order valence-corrected chi connectivity index (χ3v) is 2.80. The molecule has 0 saturated heterocycles. The first kappa shape index (κ1) is 14.9. The molecule has 1 aromatic rings. The van der Waals surface area contributed by atoms with E-state index in [0.29, 0.717) is 0 Å². The topological polar surface area (TPSA) is 52.0 Å². The summed E-state index contributed by atoms with van der Waals surface area (Å²) in [4.78, 5) is 0. The van der Waals surface area contributed by atoms with Crippen molar-refractivity contribution < 1.29 is 0 Å². The molecule has 0 heterocycles. The van der Waals surface area contributed by atoms with E-state index in [1.165, 1.54) is 5.56 Å². The van der Waals surface area contributed by atoms with E-state index in [2.05, 4.69) is 28.1 Å². The quantitative estimate of drug-likeness (QED) is 0.820. The summed E-state index contributed by atoms with van der Waals surface area (Å²) in [7, 11) is 0. The highest BCUT2D eigenvalue weighted by Gasteiger charge is 2.04. The highest BCUT2D eigenvalue weighted by atomic mass is 79.9. The second-order valence-electron chi connectivity index (χ2n) is 3.44. The molecule has 4 N–H and O–H groups in total. The van der Waals surface area contributed by atoms with Crippen LogP contribution in [0.15, 0.2) is 28.7 Å². The lowest BCUT2D eigenvalue weighted by Gasteiger charge is -2.11. The summed E-state index contributed by atoms with van der Waals surface area (Å²) in [6.45, 7) is 0.757. The van der Waals surface area contributed by atoms with E-state index in [0.717, 1.165) is 30.3 Å². The van der Waals surface area contributed by atoms with Crippen molar-refractivity contribution in [1.29, 1.82) is 0 Å². The minimum Gasteiger partial charge on any atom is -0.330 e. The first-order valence-corrected chi connectivity index (χ1v) is 5.74. The van der Waals surface area contributed by atoms with Crippen LogP contribution in [0.5, 0.6) is 0 Å². The molecular weight excluding hydrogens is 275 g/mol. The number of halogens is 2. The van der Waals surface area contributed by atoms with Crippen LogP contribution in [0.1, 0.15) is 30.9 Å². The Kier molecular flexibility index (Phi) is 8.06. The molecule has 0 saturated carbocycles. The molecule has 0 aliphatic carbocycles. The van der Waals surface area contributed by atoms with E-state index in [4.69, 9.17) is 11.5 Å². The molecular formula is C11H18BrClN2. The van der Waals surface area contributed by atoms with Gasteiger partial charge in [0.15, 0.2) is 0 Å². The van der Waals surface area contributed by atoms with Crippen LogP contribution in [0, 0.1) is 0 Å². The highest BCUT2D eigenvalue weighted by molar-refractivity contribution is 9.10. The molecule has 2 nitrogen and oxygen atoms in total. The minimum atomic E-state index is 0. The standard InChI is InChI=1S/C11H17BrN2.ClH/c12-10-6-4-9(5-7-10)11(14)3-1-2-8-13;/h4-7,11H,1-3,8,13-14H2;1H/t11-;/m1./s1. The molecule has 1 rings (SSSR count). The van der Waals surface area contributed by atoms with Crippen LogP contribution >= 0.6 is 28.3 Å². The fraction of sp³-hybridized carbons (Fsp3) is 0.455. The van der Waals surface area contributed by atoms with Gasteiger partial charge in [-0.1, -0.05) is 34.5 Å². The Balaban J connectivity index is 0.00000196. The predicted octanol–water partition coefficient (Wildman–Crippen LogP) is 3.00. The molecule has 4 heteroatoms. The fourth-order valence-corrected chi connectivity index (χ4v) is 1.65. The molecule has 0 fully saturated rings. The average molecular weight is 294 g/mol. The Morgan fingerprint density at radius 2 is 1.73 bits per heavy atom. The van der Waals surface area contributed by atoms with Gasteiger partial charge in [0.2, 0.25) is 0 Å². The molecule has 0 unspecified atom stereocenters. The second-order valence-corrected chi connectivity index (χ2v) is 4.36. The van der Waals surface area contributed by atoms with Crippen LogP contribution in [0.4, 0.5) is 0 Å². The van der Waals surface area contributed by atoms with Crippen LogP contribution in [-0.2, 0) is 0 Å². The molecule has 0 aliphatic rings. The molecule has 0 bridgehead atoms. The van der Waals surface area contributed by atoms with Crippen molar-refractivity contribution in [2.45, 2.75) is 25.3 Å². The van der Waals surface area contributed by atoms with E-state index in [1.54, 1.807) is 0 Å². The number of hydrogen-bond acceptors (Lipinski definition) is 2. The maximum atomic E-state index is 6.03. The van der Waals surface area contributed by atoms with Gasteiger partial charge in [0.1, 0.15) is 0 Å². The summed E-state index contributed by atoms with van der Waals surface area (Å²) in [6.07, 6.45) is 3.18. The number of hydrogen-bond donors (Lipinski definition) is 2. The van der Waals surface area contributed by atoms with Crippen molar-refractivity contribution in [1.82, 2.24) is 0 Å². The number of nitrogens with two attached hydrogens (primary N) is 2. The average Bonchev–Trinajstić information content (AvgIpc) is 2.19. The molecule has 0 aliphatic heterocycles. The minimum absolute atomic E-state index is 0. The third kappa shape index (κ3) is 5.52. The van der Waals surface area contributed by atoms with Gasteiger partial charge in [-0.05, 0) is 37.1 Å². The van der Waals surface area contributed by atoms with Crippen molar-refractivity contribution in [2.75, 3.05) is 6.54 Å². The van der Waals surface area contributed by atoms with Crippen LogP contribution in [-0.4, -0.2) is 6.54 Å². The second kappa shape index (κ2) is 8.11. The fourth-order valence-electron chi connectivity index (χ4n) is 1.39. The lowest BCUT2D eigenvalue weighted by Crippen LogP contribution is -2.10. The van der Waals surface area contributed by atoms with Crippen molar-refractivity contribution in [3.8, 4) is 0 Å². The van der Waals surface area contributed by atoms with Gasteiger partial charge in [-0.2, -0.15) is 0 Å². The monoisotopic (exact) mass is 292 g/mol. The largest absolute Gasteiger partial charge is 0.330 e. The first-order chi connectivity index (χ1) is 6.74. The van der Waals surface area contributed by atoms with Crippen LogP contribution in [0.25, 0.3) is 0 Å². The Hall–Kier alpha value is -0.0900. The van der Waals surface area contributed by atoms with Crippen molar-refractivity contribution in [3.05, 3.63) is 34.3 Å². The molecule has 1 atom stereocenters. The van der Waals surface area contributed by atoms with Crippen LogP contribution < -0.4 is 11.5 Å². The zero-order chi connectivity index (χ0) is 10.4. The summed E-state index contributed by atoms with van der Waals surface area (Å²) in [5.41, 5.74) is 12.7. The number of rotatable bonds is 5. The van der Waals surface area contributed by atoms with E-state index in [-0.39, 0.29) is 18.4 Å². The Bertz CT molecular complexity index is 264. The number of benzene rings is 1. The van der Waals surface area contributed by atoms with E-state index in [9.17, 15) is 0 Å². The maximum Gasteiger partial charge on any atom is 0.0294 e. The molecule has 0 aromatic heterocycles. The summed E-state index contributed by atoms with van der Waals surface area (Å²) < 4.78 is 1.09. The van der Waals surface area contributed by atoms with Gasteiger partial charge in [0.05, 0.1) is 0 Å². The van der Waals surface area contributed by atoms with Gasteiger partial charge in [0.25, 0.3) is 0 Å². The third-order valence-electron chi connectivity index (χ3n) is 2.27. The Morgan fingerprint density at radius 1 is 1.13 bits per heavy atom. The van der Waals surface area contributed by atoms with Gasteiger partial charge >= 0.3 is 0 Å². The zero-order valence-corrected chi connectivity index (χ0v) is 11.1. The first-order valence-electron chi connectivity index (χ1n) is 4.95. The smallest absolute Gasteiger partial charge is 0.0294 e. The summed E-state index contributed by atoms with van der Waals surface area (Å²) in [5.74, 6) is 0. The molecule has 86 valence electrons. The van der Waals surface area contributed by atoms with Crippen molar-refractivity contribution in [2.24, 2.45) is 11.5 Å². The summed E-state index contributed by atoms with van der Waals surface area (Å²) >= 11 is 3.40. The SMILES string of the molecule is Cl.NCCCC[C@@H](N)c1ccc(Br)cc1. The van der Waals surface area contributed by atoms with E-state index >= 15 is 0 Å². The summed E-state index contributed by atoms with van der Waals surface area (Å²) in [6, 6.07) is 8.33. The molecule has 0 amide bonds. The molecule has 1 aromatic carbocycles. The van der Waals surface area contributed by atoms with Gasteiger partial charge in [-0.25, -0.2) is 0 Å². The van der Waals surface area contributed by atoms with E-state index < -0.39 is 0 Å². The number of unbranched alkanes of at least 4 members (excludes halogenated alkanes) is 1. The summed E-state index contributed by atoms with van der Waals surface area (Å²) in [5, 5.41) is 0. The lowest BCUT2D eigenvalue weighted by molar-refractivity contribution is 0.591. The van der Waals surface area contributed by atoms with Gasteiger partial charge in [-0.15, -0.1) is 12.4 Å². The highest BCUT2D eigenvalue weighted by Crippen LogP contribution is 2.19. The predicted molar refractivity (Wildman–Crippen MR) is 71.2 cm³/mol. The molecule has 0 spiro atoms. The van der Waals surface area contributed by atoms with Crippen LogP contribution in [0.2, 0.25) is 0 Å². The van der Waals surface area contributed by atoms with Crippen molar-refractivity contribution >= 4 is 28.3 Å². The van der Waals surface area contributed by atoms with Gasteiger partial charge < -0.3 is 11.5 Å². The molecule has 15 heavy (non-hydrogen) atoms. The zero-order valence-electron chi connectivity index (χ0n) is 8.66. The Morgan fingerprint density at radius 3 is 2.27 bits per heavy atom. The molecule has 0 radical (unpaired) electrons.